The number of non-ortho nitro benzene ring substituents is 1. The number of carbonyl (C=O) groups is 1. The third-order valence-electron chi connectivity index (χ3n) is 6.71. The molecule has 1 heterocycles. The molecule has 1 unspecified atom stereocenters. The monoisotopic (exact) mass is 505 g/mol. The Bertz CT molecular complexity index is 1530. The fourth-order valence-corrected chi connectivity index (χ4v) is 4.57. The van der Waals surface area contributed by atoms with Gasteiger partial charge in [0.2, 0.25) is 0 Å². The Labute approximate surface area is 220 Å². The zero-order valence-electron chi connectivity index (χ0n) is 21.0. The number of ketones is 1. The van der Waals surface area contributed by atoms with Crippen LogP contribution < -0.4 is 5.32 Å². The van der Waals surface area contributed by atoms with Crippen molar-refractivity contribution in [2.24, 2.45) is 5.92 Å². The lowest BCUT2D eigenvalue weighted by Crippen LogP contribution is -2.24. The molecule has 1 aromatic heterocycles. The number of Topliss-reactive ketones (excluding diaryl/α,β-unsaturated/α-hetero) is 1. The van der Waals surface area contributed by atoms with Gasteiger partial charge < -0.3 is 5.32 Å². The zero-order valence-corrected chi connectivity index (χ0v) is 21.0. The second kappa shape index (κ2) is 10.8. The minimum atomic E-state index is -0.396. The van der Waals surface area contributed by atoms with Crippen LogP contribution in [0.25, 0.3) is 10.5 Å². The summed E-state index contributed by atoms with van der Waals surface area (Å²) >= 11 is 0. The van der Waals surface area contributed by atoms with Gasteiger partial charge in [0.25, 0.3) is 5.69 Å². The van der Waals surface area contributed by atoms with Crippen molar-refractivity contribution >= 4 is 17.2 Å². The first-order valence-corrected chi connectivity index (χ1v) is 12.6. The molecule has 1 aliphatic rings. The van der Waals surface area contributed by atoms with Gasteiger partial charge in [-0.05, 0) is 67.1 Å². The van der Waals surface area contributed by atoms with Crippen LogP contribution in [0.4, 0.5) is 11.4 Å². The Hall–Kier alpha value is -4.61. The van der Waals surface area contributed by atoms with Crippen molar-refractivity contribution in [2.75, 3.05) is 6.54 Å². The van der Waals surface area contributed by atoms with Crippen LogP contribution in [0.2, 0.25) is 0 Å². The van der Waals surface area contributed by atoms with E-state index in [0.29, 0.717) is 23.0 Å². The molecular formula is C30H27N5O3. The highest BCUT2D eigenvalue weighted by Crippen LogP contribution is 2.31. The second-order valence-corrected chi connectivity index (χ2v) is 9.69. The predicted octanol–water partition coefficient (Wildman–Crippen LogP) is 6.15. The highest BCUT2D eigenvalue weighted by Gasteiger charge is 2.24. The summed E-state index contributed by atoms with van der Waals surface area (Å²) < 4.78 is 1.60. The van der Waals surface area contributed by atoms with Crippen LogP contribution in [0.3, 0.4) is 0 Å². The third-order valence-corrected chi connectivity index (χ3v) is 6.71. The van der Waals surface area contributed by atoms with Crippen molar-refractivity contribution in [3.05, 3.63) is 128 Å². The van der Waals surface area contributed by atoms with Gasteiger partial charge in [-0.25, -0.2) is 9.53 Å². The summed E-state index contributed by atoms with van der Waals surface area (Å²) in [6, 6.07) is 23.2. The van der Waals surface area contributed by atoms with E-state index >= 15 is 0 Å². The molecule has 0 amide bonds. The lowest BCUT2D eigenvalue weighted by Gasteiger charge is -2.20. The number of hydrogen-bond donors (Lipinski definition) is 1. The summed E-state index contributed by atoms with van der Waals surface area (Å²) in [5.41, 5.74) is 5.21. The van der Waals surface area contributed by atoms with Gasteiger partial charge in [-0.15, -0.1) is 0 Å². The minimum absolute atomic E-state index is 0.0582. The molecule has 0 spiro atoms. The van der Waals surface area contributed by atoms with Gasteiger partial charge in [-0.2, -0.15) is 5.10 Å². The van der Waals surface area contributed by atoms with E-state index in [0.717, 1.165) is 28.9 Å². The van der Waals surface area contributed by atoms with Gasteiger partial charge in [0.05, 0.1) is 28.9 Å². The molecule has 8 heteroatoms. The Morgan fingerprint density at radius 3 is 2.58 bits per heavy atom. The Balaban J connectivity index is 1.41. The van der Waals surface area contributed by atoms with Crippen molar-refractivity contribution in [1.29, 1.82) is 0 Å². The van der Waals surface area contributed by atoms with Crippen molar-refractivity contribution in [1.82, 2.24) is 15.1 Å². The predicted molar refractivity (Wildman–Crippen MR) is 145 cm³/mol. The van der Waals surface area contributed by atoms with E-state index in [2.05, 4.69) is 15.3 Å². The molecule has 190 valence electrons. The second-order valence-electron chi connectivity index (χ2n) is 9.69. The Kier molecular flexibility index (Phi) is 7.11. The highest BCUT2D eigenvalue weighted by molar-refractivity contribution is 5.96. The summed E-state index contributed by atoms with van der Waals surface area (Å²) in [6.45, 7) is 10.00. The minimum Gasteiger partial charge on any atom is -0.306 e. The van der Waals surface area contributed by atoms with E-state index in [1.165, 1.54) is 25.0 Å². The summed E-state index contributed by atoms with van der Waals surface area (Å²) in [5, 5.41) is 19.3. The summed E-state index contributed by atoms with van der Waals surface area (Å²) in [5.74, 6) is 0.582. The molecule has 4 aromatic rings. The maximum Gasteiger partial charge on any atom is 0.269 e. The van der Waals surface area contributed by atoms with Gasteiger partial charge in [-0.1, -0.05) is 48.5 Å². The number of aryl methyl sites for hydroxylation is 1. The highest BCUT2D eigenvalue weighted by atomic mass is 16.6. The smallest absolute Gasteiger partial charge is 0.269 e. The number of benzene rings is 3. The van der Waals surface area contributed by atoms with E-state index in [1.54, 1.807) is 41.1 Å². The molecule has 0 saturated heterocycles. The molecule has 1 N–H and O–H groups in total. The standard InChI is InChI=1S/C30H27N5O3/c1-20-15-28(34(33-20)27-8-4-7-25(18-27)31-2)29(36)17-22-5-3-6-24(16-22)30(32-19-21-9-10-21)23-11-13-26(14-12-23)35(37)38/h3-8,11-16,18,21,30,32H,9-10,17,19H2,1H3. The molecule has 1 saturated carbocycles. The molecule has 0 bridgehead atoms. The molecule has 1 aliphatic carbocycles. The van der Waals surface area contributed by atoms with Crippen LogP contribution in [0.1, 0.15) is 51.8 Å². The number of carbonyl (C=O) groups excluding carboxylic acids is 1. The summed E-state index contributed by atoms with van der Waals surface area (Å²) in [4.78, 5) is 27.7. The lowest BCUT2D eigenvalue weighted by atomic mass is 9.95. The quantitative estimate of drug-likeness (QED) is 0.121. The third kappa shape index (κ3) is 5.69. The number of nitrogens with zero attached hydrogens (tertiary/aromatic N) is 4. The Morgan fingerprint density at radius 1 is 1.11 bits per heavy atom. The maximum atomic E-state index is 13.5. The SMILES string of the molecule is [C-]#[N+]c1cccc(-n2nc(C)cc2C(=O)Cc2cccc(C(NCC3CC3)c3ccc([N+](=O)[O-])cc3)c2)c1. The number of aromatic nitrogens is 2. The van der Waals surface area contributed by atoms with Crippen LogP contribution >= 0.6 is 0 Å². The molecular weight excluding hydrogens is 478 g/mol. The molecule has 38 heavy (non-hydrogen) atoms. The Morgan fingerprint density at radius 2 is 1.87 bits per heavy atom. The fraction of sp³-hybridized carbons (Fsp3) is 0.233. The first-order valence-electron chi connectivity index (χ1n) is 12.6. The van der Waals surface area contributed by atoms with Crippen LogP contribution in [0.15, 0.2) is 78.9 Å². The van der Waals surface area contributed by atoms with E-state index in [4.69, 9.17) is 6.57 Å². The normalized spacial score (nSPS) is 13.6. The van der Waals surface area contributed by atoms with Gasteiger partial charge >= 0.3 is 0 Å². The van der Waals surface area contributed by atoms with Crippen molar-refractivity contribution in [3.63, 3.8) is 0 Å². The number of nitrogens with one attached hydrogen (secondary N) is 1. The molecule has 0 aliphatic heterocycles. The molecule has 5 rings (SSSR count). The van der Waals surface area contributed by atoms with Crippen molar-refractivity contribution in [3.8, 4) is 5.69 Å². The zero-order chi connectivity index (χ0) is 26.6. The average Bonchev–Trinajstić information content (AvgIpc) is 3.67. The molecule has 8 nitrogen and oxygen atoms in total. The van der Waals surface area contributed by atoms with E-state index < -0.39 is 4.92 Å². The molecule has 1 atom stereocenters. The summed E-state index contributed by atoms with van der Waals surface area (Å²) in [7, 11) is 0. The van der Waals surface area contributed by atoms with Crippen molar-refractivity contribution < 1.29 is 9.72 Å². The largest absolute Gasteiger partial charge is 0.306 e. The maximum absolute atomic E-state index is 13.5. The topological polar surface area (TPSA) is 94.4 Å². The number of rotatable bonds is 10. The summed E-state index contributed by atoms with van der Waals surface area (Å²) in [6.07, 6.45) is 2.61. The van der Waals surface area contributed by atoms with Crippen LogP contribution in [-0.4, -0.2) is 27.0 Å². The number of hydrogen-bond acceptors (Lipinski definition) is 5. The lowest BCUT2D eigenvalue weighted by molar-refractivity contribution is -0.384. The average molecular weight is 506 g/mol. The molecule has 0 radical (unpaired) electrons. The fourth-order valence-electron chi connectivity index (χ4n) is 4.57. The first kappa shape index (κ1) is 25.1. The molecule has 1 fully saturated rings. The van der Waals surface area contributed by atoms with Crippen molar-refractivity contribution in [2.45, 2.75) is 32.2 Å². The van der Waals surface area contributed by atoms with Crippen LogP contribution in [0.5, 0.6) is 0 Å². The van der Waals surface area contributed by atoms with E-state index in [1.807, 2.05) is 37.3 Å². The molecule has 3 aromatic carbocycles. The van der Waals surface area contributed by atoms with E-state index in [9.17, 15) is 14.9 Å². The van der Waals surface area contributed by atoms with Crippen LogP contribution in [-0.2, 0) is 6.42 Å². The number of nitro groups is 1. The van der Waals surface area contributed by atoms with Gasteiger partial charge in [0, 0.05) is 18.6 Å². The van der Waals surface area contributed by atoms with E-state index in [-0.39, 0.29) is 23.9 Å². The van der Waals surface area contributed by atoms with Gasteiger partial charge in [-0.3, -0.25) is 14.9 Å². The number of nitro benzene ring substituents is 1. The van der Waals surface area contributed by atoms with Crippen LogP contribution in [0, 0.1) is 29.5 Å². The first-order chi connectivity index (χ1) is 18.4. The van der Waals surface area contributed by atoms with Gasteiger partial charge in [0.15, 0.2) is 11.5 Å². The van der Waals surface area contributed by atoms with Gasteiger partial charge in [0.1, 0.15) is 5.69 Å².